The highest BCUT2D eigenvalue weighted by molar-refractivity contribution is 5.96. The van der Waals surface area contributed by atoms with Crippen LogP contribution in [0.15, 0.2) is 42.5 Å². The van der Waals surface area contributed by atoms with Gasteiger partial charge in [0.2, 0.25) is 0 Å². The Kier molecular flexibility index (Phi) is 5.77. The number of nitro groups is 1. The first kappa shape index (κ1) is 19.6. The van der Waals surface area contributed by atoms with Gasteiger partial charge in [0.25, 0.3) is 11.6 Å². The minimum absolute atomic E-state index is 0.0577. The standard InChI is InChI=1S/C20H23FN4O3/c1-14(2)22-20(26)15-7-8-18(19(13-15)25(27)28)24-11-9-23(10-12-24)17-6-4-3-5-16(17)21/h3-8,13-14H,9-12H2,1-2H3,(H,22,26). The SMILES string of the molecule is CC(C)NC(=O)c1ccc(N2CCN(c3ccccc3F)CC2)c([N+](=O)[O-])c1. The zero-order valence-electron chi connectivity index (χ0n) is 15.9. The van der Waals surface area contributed by atoms with Gasteiger partial charge in [0, 0.05) is 43.9 Å². The molecule has 1 aliphatic rings. The zero-order valence-corrected chi connectivity index (χ0v) is 15.9. The molecule has 2 aromatic carbocycles. The average Bonchev–Trinajstić information content (AvgIpc) is 2.67. The lowest BCUT2D eigenvalue weighted by atomic mass is 10.1. The molecule has 0 unspecified atom stereocenters. The van der Waals surface area contributed by atoms with Gasteiger partial charge in [0.05, 0.1) is 10.6 Å². The van der Waals surface area contributed by atoms with Crippen molar-refractivity contribution in [3.05, 3.63) is 64.0 Å². The molecule has 1 fully saturated rings. The van der Waals surface area contributed by atoms with Crippen molar-refractivity contribution in [3.8, 4) is 0 Å². The fourth-order valence-corrected chi connectivity index (χ4v) is 3.32. The fourth-order valence-electron chi connectivity index (χ4n) is 3.32. The summed E-state index contributed by atoms with van der Waals surface area (Å²) in [6, 6.07) is 11.1. The molecule has 0 spiro atoms. The summed E-state index contributed by atoms with van der Waals surface area (Å²) in [6.45, 7) is 5.80. The van der Waals surface area contributed by atoms with Crippen LogP contribution in [0.2, 0.25) is 0 Å². The Labute approximate surface area is 162 Å². The average molecular weight is 386 g/mol. The summed E-state index contributed by atoms with van der Waals surface area (Å²) < 4.78 is 14.0. The van der Waals surface area contributed by atoms with E-state index < -0.39 is 4.92 Å². The van der Waals surface area contributed by atoms with Crippen LogP contribution in [0.1, 0.15) is 24.2 Å². The van der Waals surface area contributed by atoms with E-state index in [1.165, 1.54) is 12.1 Å². The Balaban J connectivity index is 1.78. The maximum atomic E-state index is 14.0. The van der Waals surface area contributed by atoms with Crippen LogP contribution in [-0.4, -0.2) is 43.1 Å². The number of halogens is 1. The van der Waals surface area contributed by atoms with Gasteiger partial charge in [-0.2, -0.15) is 0 Å². The summed E-state index contributed by atoms with van der Waals surface area (Å²) in [5, 5.41) is 14.3. The minimum atomic E-state index is -0.468. The molecule has 3 rings (SSSR count). The van der Waals surface area contributed by atoms with Crippen molar-refractivity contribution in [1.29, 1.82) is 0 Å². The Morgan fingerprint density at radius 3 is 2.25 bits per heavy atom. The molecule has 7 nitrogen and oxygen atoms in total. The number of nitro benzene ring substituents is 1. The van der Waals surface area contributed by atoms with Crippen LogP contribution in [0.4, 0.5) is 21.5 Å². The van der Waals surface area contributed by atoms with E-state index in [1.54, 1.807) is 30.3 Å². The van der Waals surface area contributed by atoms with Gasteiger partial charge in [-0.15, -0.1) is 0 Å². The summed E-state index contributed by atoms with van der Waals surface area (Å²) >= 11 is 0. The number of piperazine rings is 1. The third kappa shape index (κ3) is 4.21. The van der Waals surface area contributed by atoms with Gasteiger partial charge in [0.15, 0.2) is 0 Å². The first-order valence-corrected chi connectivity index (χ1v) is 9.20. The van der Waals surface area contributed by atoms with Gasteiger partial charge in [-0.25, -0.2) is 4.39 Å². The Morgan fingerprint density at radius 1 is 1.07 bits per heavy atom. The molecule has 1 N–H and O–H groups in total. The lowest BCUT2D eigenvalue weighted by molar-refractivity contribution is -0.384. The number of rotatable bonds is 5. The third-order valence-corrected chi connectivity index (χ3v) is 4.67. The summed E-state index contributed by atoms with van der Waals surface area (Å²) in [6.07, 6.45) is 0. The second-order valence-corrected chi connectivity index (χ2v) is 7.01. The second kappa shape index (κ2) is 8.24. The van der Waals surface area contributed by atoms with Gasteiger partial charge in [0.1, 0.15) is 11.5 Å². The van der Waals surface area contributed by atoms with Crippen molar-refractivity contribution >= 4 is 23.0 Å². The lowest BCUT2D eigenvalue weighted by Gasteiger charge is -2.37. The molecule has 0 radical (unpaired) electrons. The van der Waals surface area contributed by atoms with Gasteiger partial charge >= 0.3 is 0 Å². The Hall–Kier alpha value is -3.16. The van der Waals surface area contributed by atoms with Crippen molar-refractivity contribution < 1.29 is 14.1 Å². The van der Waals surface area contributed by atoms with Gasteiger partial charge in [-0.05, 0) is 38.1 Å². The molecule has 2 aromatic rings. The van der Waals surface area contributed by atoms with E-state index in [0.717, 1.165) is 0 Å². The highest BCUT2D eigenvalue weighted by Gasteiger charge is 2.26. The molecule has 0 aliphatic carbocycles. The minimum Gasteiger partial charge on any atom is -0.366 e. The molecule has 8 heteroatoms. The first-order valence-electron chi connectivity index (χ1n) is 9.20. The van der Waals surface area contributed by atoms with Crippen LogP contribution in [-0.2, 0) is 0 Å². The molecule has 1 aliphatic heterocycles. The second-order valence-electron chi connectivity index (χ2n) is 7.01. The fraction of sp³-hybridized carbons (Fsp3) is 0.350. The van der Waals surface area contributed by atoms with Gasteiger partial charge in [-0.3, -0.25) is 14.9 Å². The number of nitrogens with zero attached hydrogens (tertiary/aromatic N) is 3. The van der Waals surface area contributed by atoms with Crippen molar-refractivity contribution in [2.45, 2.75) is 19.9 Å². The third-order valence-electron chi connectivity index (χ3n) is 4.67. The van der Waals surface area contributed by atoms with Crippen LogP contribution >= 0.6 is 0 Å². The number of carbonyl (C=O) groups is 1. The molecule has 28 heavy (non-hydrogen) atoms. The van der Waals surface area contributed by atoms with Crippen molar-refractivity contribution in [2.24, 2.45) is 0 Å². The van der Waals surface area contributed by atoms with Gasteiger partial charge < -0.3 is 15.1 Å². The van der Waals surface area contributed by atoms with Crippen molar-refractivity contribution in [2.75, 3.05) is 36.0 Å². The quantitative estimate of drug-likeness (QED) is 0.631. The number of hydrogen-bond donors (Lipinski definition) is 1. The van der Waals surface area contributed by atoms with Crippen LogP contribution < -0.4 is 15.1 Å². The Morgan fingerprint density at radius 2 is 1.68 bits per heavy atom. The highest BCUT2D eigenvalue weighted by Crippen LogP contribution is 2.31. The van der Waals surface area contributed by atoms with E-state index in [2.05, 4.69) is 5.32 Å². The number of carbonyl (C=O) groups excluding carboxylic acids is 1. The first-order chi connectivity index (χ1) is 13.4. The molecule has 0 atom stereocenters. The molecule has 1 heterocycles. The summed E-state index contributed by atoms with van der Waals surface area (Å²) in [5.41, 5.74) is 1.17. The van der Waals surface area contributed by atoms with Crippen LogP contribution in [0.3, 0.4) is 0 Å². The number of hydrogen-bond acceptors (Lipinski definition) is 5. The smallest absolute Gasteiger partial charge is 0.293 e. The maximum Gasteiger partial charge on any atom is 0.293 e. The summed E-state index contributed by atoms with van der Waals surface area (Å²) in [7, 11) is 0. The molecule has 0 saturated carbocycles. The largest absolute Gasteiger partial charge is 0.366 e. The van der Waals surface area contributed by atoms with Crippen LogP contribution in [0.5, 0.6) is 0 Å². The number of nitrogens with one attached hydrogen (secondary N) is 1. The van der Waals surface area contributed by atoms with E-state index in [-0.39, 0.29) is 29.0 Å². The monoisotopic (exact) mass is 386 g/mol. The van der Waals surface area contributed by atoms with E-state index in [0.29, 0.717) is 37.6 Å². The maximum absolute atomic E-state index is 14.0. The number of benzene rings is 2. The highest BCUT2D eigenvalue weighted by atomic mass is 19.1. The van der Waals surface area contributed by atoms with Crippen LogP contribution in [0.25, 0.3) is 0 Å². The van der Waals surface area contributed by atoms with E-state index in [4.69, 9.17) is 0 Å². The molecule has 1 amide bonds. The summed E-state index contributed by atoms with van der Waals surface area (Å²) in [4.78, 5) is 27.1. The topological polar surface area (TPSA) is 78.7 Å². The molecular weight excluding hydrogens is 363 g/mol. The predicted molar refractivity (Wildman–Crippen MR) is 107 cm³/mol. The molecular formula is C20H23FN4O3. The van der Waals surface area contributed by atoms with Crippen molar-refractivity contribution in [1.82, 2.24) is 5.32 Å². The van der Waals surface area contributed by atoms with E-state index in [9.17, 15) is 19.3 Å². The van der Waals surface area contributed by atoms with E-state index >= 15 is 0 Å². The number of para-hydroxylation sites is 1. The predicted octanol–water partition coefficient (Wildman–Crippen LogP) is 3.20. The van der Waals surface area contributed by atoms with Gasteiger partial charge in [-0.1, -0.05) is 12.1 Å². The molecule has 1 saturated heterocycles. The summed E-state index contributed by atoms with van der Waals surface area (Å²) in [5.74, 6) is -0.614. The lowest BCUT2D eigenvalue weighted by Crippen LogP contribution is -2.47. The molecule has 148 valence electrons. The molecule has 0 aromatic heterocycles. The number of anilines is 2. The van der Waals surface area contributed by atoms with Crippen molar-refractivity contribution in [3.63, 3.8) is 0 Å². The van der Waals surface area contributed by atoms with E-state index in [1.807, 2.05) is 23.6 Å². The normalized spacial score (nSPS) is 14.3. The number of amides is 1. The molecule has 0 bridgehead atoms. The Bertz CT molecular complexity index is 880. The zero-order chi connectivity index (χ0) is 20.3. The van der Waals surface area contributed by atoms with Crippen LogP contribution in [0, 0.1) is 15.9 Å².